The number of likely N-dealkylation sites (tertiary alicyclic amines) is 1. The van der Waals surface area contributed by atoms with Crippen molar-refractivity contribution in [1.29, 1.82) is 0 Å². The van der Waals surface area contributed by atoms with Crippen LogP contribution in [-0.4, -0.2) is 58.0 Å². The maximum Gasteiger partial charge on any atom is 0.307 e. The van der Waals surface area contributed by atoms with E-state index in [-0.39, 0.29) is 24.3 Å². The zero-order valence-corrected chi connectivity index (χ0v) is 25.4. The van der Waals surface area contributed by atoms with Gasteiger partial charge in [-0.25, -0.2) is 4.39 Å². The summed E-state index contributed by atoms with van der Waals surface area (Å²) in [4.78, 5) is 46.4. The molecule has 43 heavy (non-hydrogen) atoms. The zero-order valence-electron chi connectivity index (χ0n) is 24.7. The molecule has 3 heterocycles. The smallest absolute Gasteiger partial charge is 0.307 e. The molecular weight excluding hydrogens is 573 g/mol. The largest absolute Gasteiger partial charge is 0.489 e. The number of carbonyl (C=O) groups excluding carboxylic acids is 2. The van der Waals surface area contributed by atoms with Gasteiger partial charge in [0.1, 0.15) is 17.7 Å². The number of aryl methyl sites for hydroxylation is 1. The van der Waals surface area contributed by atoms with Gasteiger partial charge in [-0.3, -0.25) is 19.4 Å². The zero-order chi connectivity index (χ0) is 31.1. The molecule has 0 unspecified atom stereocenters. The molecule has 0 saturated carbocycles. The van der Waals surface area contributed by atoms with Crippen molar-refractivity contribution in [2.45, 2.75) is 65.5 Å². The maximum atomic E-state index is 14.2. The number of aliphatic carboxylic acids is 1. The van der Waals surface area contributed by atoms with Crippen molar-refractivity contribution in [3.05, 3.63) is 76.3 Å². The maximum absolute atomic E-state index is 14.2. The Kier molecular flexibility index (Phi) is 8.47. The van der Waals surface area contributed by atoms with E-state index in [1.54, 1.807) is 36.2 Å². The minimum absolute atomic E-state index is 0.0401. The number of pyridine rings is 1. The summed E-state index contributed by atoms with van der Waals surface area (Å²) in [5.41, 5.74) is 3.42. The second-order valence-corrected chi connectivity index (χ2v) is 12.5. The summed E-state index contributed by atoms with van der Waals surface area (Å²) in [5, 5.41) is 9.56. The van der Waals surface area contributed by atoms with Crippen LogP contribution in [0.4, 0.5) is 10.1 Å². The number of aromatic nitrogens is 1. The van der Waals surface area contributed by atoms with Gasteiger partial charge >= 0.3 is 5.97 Å². The Hall–Kier alpha value is -3.98. The highest BCUT2D eigenvalue weighted by Crippen LogP contribution is 2.40. The van der Waals surface area contributed by atoms with E-state index < -0.39 is 23.3 Å². The monoisotopic (exact) mass is 607 g/mol. The fourth-order valence-corrected chi connectivity index (χ4v) is 6.15. The van der Waals surface area contributed by atoms with Gasteiger partial charge in [0.2, 0.25) is 5.91 Å². The molecular formula is C33H35ClFN3O5. The highest BCUT2D eigenvalue weighted by atomic mass is 35.5. The summed E-state index contributed by atoms with van der Waals surface area (Å²) in [6, 6.07) is 11.1. The number of carboxylic acids is 1. The molecule has 1 N–H and O–H groups in total. The SMILES string of the molecule is Cc1cc(-c2cc(F)ccc2O[C@H](C)CC(=O)O)ccc1C(=O)N1CCC(N2C(=O)C(C)(C)Cc3ncc(Cl)cc32)CC1. The van der Waals surface area contributed by atoms with Crippen LogP contribution in [0.25, 0.3) is 11.1 Å². The van der Waals surface area contributed by atoms with Crippen LogP contribution >= 0.6 is 11.6 Å². The molecule has 8 nitrogen and oxygen atoms in total. The van der Waals surface area contributed by atoms with Crippen LogP contribution in [0.2, 0.25) is 5.02 Å². The van der Waals surface area contributed by atoms with Gasteiger partial charge in [-0.15, -0.1) is 0 Å². The van der Waals surface area contributed by atoms with Crippen LogP contribution in [0.5, 0.6) is 5.75 Å². The third kappa shape index (κ3) is 6.37. The van der Waals surface area contributed by atoms with E-state index in [1.807, 2.05) is 31.7 Å². The first kappa shape index (κ1) is 30.5. The highest BCUT2D eigenvalue weighted by Gasteiger charge is 2.43. The molecule has 0 radical (unpaired) electrons. The van der Waals surface area contributed by atoms with Crippen LogP contribution in [0, 0.1) is 18.2 Å². The fourth-order valence-electron chi connectivity index (χ4n) is 6.00. The molecule has 3 aromatic rings. The normalized spacial score (nSPS) is 17.4. The van der Waals surface area contributed by atoms with Crippen LogP contribution in [0.3, 0.4) is 0 Å². The van der Waals surface area contributed by atoms with E-state index >= 15 is 0 Å². The summed E-state index contributed by atoms with van der Waals surface area (Å²) in [6.45, 7) is 8.32. The molecule has 0 spiro atoms. The molecule has 1 saturated heterocycles. The number of ether oxygens (including phenoxy) is 1. The second kappa shape index (κ2) is 12.0. The number of amides is 2. The number of anilines is 1. The quantitative estimate of drug-likeness (QED) is 0.338. The van der Waals surface area contributed by atoms with E-state index in [1.165, 1.54) is 18.2 Å². The Morgan fingerprint density at radius 2 is 1.88 bits per heavy atom. The highest BCUT2D eigenvalue weighted by molar-refractivity contribution is 6.30. The number of hydrogen-bond donors (Lipinski definition) is 1. The van der Waals surface area contributed by atoms with Crippen molar-refractivity contribution in [2.24, 2.45) is 5.41 Å². The van der Waals surface area contributed by atoms with E-state index in [2.05, 4.69) is 4.98 Å². The molecule has 0 bridgehead atoms. The number of benzene rings is 2. The number of piperidine rings is 1. The van der Waals surface area contributed by atoms with Gasteiger partial charge in [0, 0.05) is 48.3 Å². The van der Waals surface area contributed by atoms with Gasteiger partial charge in [-0.1, -0.05) is 37.6 Å². The molecule has 2 aliphatic heterocycles. The van der Waals surface area contributed by atoms with Crippen molar-refractivity contribution in [2.75, 3.05) is 18.0 Å². The van der Waals surface area contributed by atoms with E-state index in [4.69, 9.17) is 21.4 Å². The van der Waals surface area contributed by atoms with Gasteiger partial charge in [0.25, 0.3) is 5.91 Å². The predicted octanol–water partition coefficient (Wildman–Crippen LogP) is 6.31. The first-order valence-electron chi connectivity index (χ1n) is 14.4. The second-order valence-electron chi connectivity index (χ2n) is 12.1. The lowest BCUT2D eigenvalue weighted by Gasteiger charge is -2.45. The lowest BCUT2D eigenvalue weighted by Crippen LogP contribution is -2.55. The van der Waals surface area contributed by atoms with Crippen molar-refractivity contribution >= 4 is 35.1 Å². The molecule has 0 aliphatic carbocycles. The van der Waals surface area contributed by atoms with Gasteiger partial charge in [-0.05, 0) is 68.1 Å². The summed E-state index contributed by atoms with van der Waals surface area (Å²) in [7, 11) is 0. The third-order valence-corrected chi connectivity index (χ3v) is 8.40. The molecule has 2 aromatic carbocycles. The lowest BCUT2D eigenvalue weighted by atomic mass is 9.81. The molecule has 10 heteroatoms. The molecule has 1 atom stereocenters. The van der Waals surface area contributed by atoms with Crippen molar-refractivity contribution < 1.29 is 28.6 Å². The molecule has 5 rings (SSSR count). The van der Waals surface area contributed by atoms with E-state index in [0.29, 0.717) is 59.8 Å². The van der Waals surface area contributed by atoms with Gasteiger partial charge in [0.05, 0.1) is 22.8 Å². The Morgan fingerprint density at radius 1 is 1.16 bits per heavy atom. The Balaban J connectivity index is 1.32. The molecule has 1 fully saturated rings. The number of carbonyl (C=O) groups is 3. The predicted molar refractivity (Wildman–Crippen MR) is 162 cm³/mol. The van der Waals surface area contributed by atoms with E-state index in [0.717, 1.165) is 16.9 Å². The summed E-state index contributed by atoms with van der Waals surface area (Å²) < 4.78 is 20.0. The average Bonchev–Trinajstić information content (AvgIpc) is 2.94. The number of hydrogen-bond acceptors (Lipinski definition) is 5. The Bertz CT molecular complexity index is 1580. The van der Waals surface area contributed by atoms with Crippen LogP contribution in [0.15, 0.2) is 48.7 Å². The standard InChI is InChI=1S/C33H35ClFN3O5/c1-19-13-21(26-16-23(35)6-8-29(26)43-20(2)14-30(39)40)5-7-25(19)31(41)37-11-9-24(10-12-37)38-28-15-22(34)18-36-27(28)17-33(3,4)32(38)42/h5-8,13,15-16,18,20,24H,9-12,14,17H2,1-4H3,(H,39,40)/t20-/m1/s1. The summed E-state index contributed by atoms with van der Waals surface area (Å²) >= 11 is 6.25. The van der Waals surface area contributed by atoms with Gasteiger partial charge in [0.15, 0.2) is 0 Å². The number of carboxylic acid groups (broad SMARTS) is 1. The molecule has 226 valence electrons. The summed E-state index contributed by atoms with van der Waals surface area (Å²) in [6.07, 6.45) is 2.60. The number of halogens is 2. The fraction of sp³-hybridized carbons (Fsp3) is 0.394. The van der Waals surface area contributed by atoms with E-state index in [9.17, 15) is 18.8 Å². The third-order valence-electron chi connectivity index (χ3n) is 8.20. The van der Waals surface area contributed by atoms with Crippen LogP contribution in [-0.2, 0) is 16.0 Å². The minimum atomic E-state index is -0.989. The number of nitrogens with zero attached hydrogens (tertiary/aromatic N) is 3. The van der Waals surface area contributed by atoms with Crippen molar-refractivity contribution in [3.8, 4) is 16.9 Å². The van der Waals surface area contributed by atoms with Crippen LogP contribution < -0.4 is 9.64 Å². The first-order chi connectivity index (χ1) is 20.3. The Labute approximate surface area is 255 Å². The molecule has 1 aromatic heterocycles. The first-order valence-corrected chi connectivity index (χ1v) is 14.8. The number of rotatable bonds is 7. The number of fused-ring (bicyclic) bond motifs is 1. The van der Waals surface area contributed by atoms with Gasteiger partial charge in [-0.2, -0.15) is 0 Å². The lowest BCUT2D eigenvalue weighted by molar-refractivity contribution is -0.138. The Morgan fingerprint density at radius 3 is 2.56 bits per heavy atom. The van der Waals surface area contributed by atoms with Crippen molar-refractivity contribution in [1.82, 2.24) is 9.88 Å². The van der Waals surface area contributed by atoms with Crippen molar-refractivity contribution in [3.63, 3.8) is 0 Å². The average molecular weight is 608 g/mol. The van der Waals surface area contributed by atoms with Crippen LogP contribution in [0.1, 0.15) is 61.6 Å². The molecule has 2 amide bonds. The topological polar surface area (TPSA) is 100 Å². The summed E-state index contributed by atoms with van der Waals surface area (Å²) in [5.74, 6) is -1.15. The minimum Gasteiger partial charge on any atom is -0.489 e. The molecule has 2 aliphatic rings. The van der Waals surface area contributed by atoms with Gasteiger partial charge < -0.3 is 19.6 Å².